The summed E-state index contributed by atoms with van der Waals surface area (Å²) in [7, 11) is 0. The van der Waals surface area contributed by atoms with Gasteiger partial charge in [-0.3, -0.25) is 4.90 Å². The van der Waals surface area contributed by atoms with Gasteiger partial charge in [-0.25, -0.2) is 0 Å². The summed E-state index contributed by atoms with van der Waals surface area (Å²) in [6.45, 7) is 9.20. The number of piperidine rings is 1. The van der Waals surface area contributed by atoms with Crippen molar-refractivity contribution in [1.82, 2.24) is 4.90 Å². The van der Waals surface area contributed by atoms with Crippen molar-refractivity contribution in [2.45, 2.75) is 46.6 Å². The Hall–Kier alpha value is -1.81. The maximum absolute atomic E-state index is 8.88. The molecule has 1 fully saturated rings. The number of benzene rings is 1. The van der Waals surface area contributed by atoms with Gasteiger partial charge in [0.05, 0.1) is 6.07 Å². The zero-order valence-corrected chi connectivity index (χ0v) is 14.6. The van der Waals surface area contributed by atoms with Crippen LogP contribution in [0.2, 0.25) is 0 Å². The lowest BCUT2D eigenvalue weighted by Crippen LogP contribution is -2.38. The van der Waals surface area contributed by atoms with Gasteiger partial charge < -0.3 is 5.11 Å². The van der Waals surface area contributed by atoms with Crippen molar-refractivity contribution >= 4 is 0 Å². The molecule has 0 saturated carbocycles. The maximum atomic E-state index is 8.88. The predicted octanol–water partition coefficient (Wildman–Crippen LogP) is 3.57. The van der Waals surface area contributed by atoms with E-state index in [1.807, 2.05) is 26.0 Å². The van der Waals surface area contributed by atoms with Crippen LogP contribution in [0.5, 0.6) is 0 Å². The normalized spacial score (nSPS) is 16.3. The first-order valence-corrected chi connectivity index (χ1v) is 8.43. The third kappa shape index (κ3) is 6.45. The summed E-state index contributed by atoms with van der Waals surface area (Å²) < 4.78 is 0. The van der Waals surface area contributed by atoms with Crippen molar-refractivity contribution in [3.05, 3.63) is 35.4 Å². The Morgan fingerprint density at radius 1 is 1.17 bits per heavy atom. The highest BCUT2D eigenvalue weighted by molar-refractivity contribution is 5.36. The van der Waals surface area contributed by atoms with Crippen LogP contribution >= 0.6 is 0 Å². The molecule has 1 aromatic carbocycles. The summed E-state index contributed by atoms with van der Waals surface area (Å²) >= 11 is 0. The highest BCUT2D eigenvalue weighted by atomic mass is 16.2. The summed E-state index contributed by atoms with van der Waals surface area (Å²) in [4.78, 5) is 2.45. The molecule has 3 heteroatoms. The Kier molecular flexibility index (Phi) is 8.41. The largest absolute Gasteiger partial charge is 0.384 e. The van der Waals surface area contributed by atoms with Gasteiger partial charge in [0.2, 0.25) is 0 Å². The number of rotatable bonds is 3. The van der Waals surface area contributed by atoms with Gasteiger partial charge in [0.25, 0.3) is 0 Å². The molecule has 0 amide bonds. The smallest absolute Gasteiger partial charge is 0.104 e. The Labute approximate surface area is 140 Å². The van der Waals surface area contributed by atoms with E-state index < -0.39 is 0 Å². The van der Waals surface area contributed by atoms with E-state index in [0.29, 0.717) is 6.42 Å². The zero-order chi connectivity index (χ0) is 17.1. The van der Waals surface area contributed by atoms with Crippen molar-refractivity contribution in [3.8, 4) is 17.9 Å². The van der Waals surface area contributed by atoms with E-state index in [4.69, 9.17) is 10.4 Å². The van der Waals surface area contributed by atoms with Crippen LogP contribution in [0.15, 0.2) is 24.3 Å². The lowest BCUT2D eigenvalue weighted by Gasteiger charge is -2.38. The fraction of sp³-hybridized carbons (Fsp3) is 0.550. The highest BCUT2D eigenvalue weighted by Gasteiger charge is 2.29. The van der Waals surface area contributed by atoms with Gasteiger partial charge in [0.15, 0.2) is 0 Å². The summed E-state index contributed by atoms with van der Waals surface area (Å²) in [5.74, 6) is 5.56. The molecule has 2 rings (SSSR count). The van der Waals surface area contributed by atoms with E-state index in [1.165, 1.54) is 5.56 Å². The Bertz CT molecular complexity index is 552. The Balaban J connectivity index is 0.00000127. The van der Waals surface area contributed by atoms with E-state index in [2.05, 4.69) is 41.9 Å². The lowest BCUT2D eigenvalue weighted by atomic mass is 9.78. The highest BCUT2D eigenvalue weighted by Crippen LogP contribution is 2.34. The summed E-state index contributed by atoms with van der Waals surface area (Å²) in [6, 6.07) is 10.5. The second-order valence-corrected chi connectivity index (χ2v) is 6.08. The van der Waals surface area contributed by atoms with Crippen molar-refractivity contribution in [3.63, 3.8) is 0 Å². The molecule has 1 saturated heterocycles. The fourth-order valence-corrected chi connectivity index (χ4v) is 2.71. The standard InChI is InChI=1S/C18H22N2O.C2H6/c1-18(8-11-19)9-12-20(13-10-18)15-17-6-4-16(5-7-17)3-2-14-21;1-2/h4-7,21H,8-10,12-15H2,1H3;1-2H3. The number of nitriles is 1. The molecule has 0 aliphatic carbocycles. The van der Waals surface area contributed by atoms with Gasteiger partial charge in [-0.2, -0.15) is 5.26 Å². The van der Waals surface area contributed by atoms with E-state index in [0.717, 1.165) is 38.0 Å². The van der Waals surface area contributed by atoms with Crippen LogP contribution in [0.4, 0.5) is 0 Å². The fourth-order valence-electron chi connectivity index (χ4n) is 2.71. The number of aliphatic hydroxyl groups excluding tert-OH is 1. The van der Waals surface area contributed by atoms with E-state index in [1.54, 1.807) is 0 Å². The predicted molar refractivity (Wildman–Crippen MR) is 94.6 cm³/mol. The third-order valence-electron chi connectivity index (χ3n) is 4.24. The summed E-state index contributed by atoms with van der Waals surface area (Å²) in [5.41, 5.74) is 2.43. The van der Waals surface area contributed by atoms with Crippen LogP contribution in [0, 0.1) is 28.6 Å². The molecule has 1 aliphatic heterocycles. The van der Waals surface area contributed by atoms with E-state index in [-0.39, 0.29) is 12.0 Å². The van der Waals surface area contributed by atoms with Gasteiger partial charge in [-0.15, -0.1) is 0 Å². The number of hydrogen-bond acceptors (Lipinski definition) is 3. The molecule has 0 bridgehead atoms. The SMILES string of the molecule is CC.CC1(CC#N)CCN(Cc2ccc(C#CCO)cc2)CC1. The number of likely N-dealkylation sites (tertiary alicyclic amines) is 1. The van der Waals surface area contributed by atoms with Gasteiger partial charge in [-0.1, -0.05) is 44.7 Å². The maximum Gasteiger partial charge on any atom is 0.104 e. The molecule has 0 unspecified atom stereocenters. The quantitative estimate of drug-likeness (QED) is 0.868. The average Bonchev–Trinajstić information content (AvgIpc) is 2.58. The lowest BCUT2D eigenvalue weighted by molar-refractivity contribution is 0.116. The molecule has 3 nitrogen and oxygen atoms in total. The molecule has 1 aliphatic rings. The van der Waals surface area contributed by atoms with Crippen molar-refractivity contribution in [2.24, 2.45) is 5.41 Å². The summed E-state index contributed by atoms with van der Waals surface area (Å²) in [5, 5.41) is 17.6. The minimum Gasteiger partial charge on any atom is -0.384 e. The molecule has 0 aromatic heterocycles. The van der Waals surface area contributed by atoms with Crippen molar-refractivity contribution < 1.29 is 5.11 Å². The summed E-state index contributed by atoms with van der Waals surface area (Å²) in [6.07, 6.45) is 2.86. The monoisotopic (exact) mass is 312 g/mol. The second-order valence-electron chi connectivity index (χ2n) is 6.08. The van der Waals surface area contributed by atoms with E-state index >= 15 is 0 Å². The third-order valence-corrected chi connectivity index (χ3v) is 4.24. The average molecular weight is 312 g/mol. The number of hydrogen-bond donors (Lipinski definition) is 1. The topological polar surface area (TPSA) is 47.3 Å². The van der Waals surface area contributed by atoms with Gasteiger partial charge in [0.1, 0.15) is 6.61 Å². The molecular formula is C20H28N2O. The van der Waals surface area contributed by atoms with Crippen LogP contribution < -0.4 is 0 Å². The number of nitrogens with zero attached hydrogens (tertiary/aromatic N) is 2. The Morgan fingerprint density at radius 2 is 1.78 bits per heavy atom. The second kappa shape index (κ2) is 10.1. The Morgan fingerprint density at radius 3 is 2.30 bits per heavy atom. The molecule has 23 heavy (non-hydrogen) atoms. The van der Waals surface area contributed by atoms with E-state index in [9.17, 15) is 0 Å². The van der Waals surface area contributed by atoms with Crippen molar-refractivity contribution in [2.75, 3.05) is 19.7 Å². The molecule has 0 radical (unpaired) electrons. The molecular weight excluding hydrogens is 284 g/mol. The van der Waals surface area contributed by atoms with Gasteiger partial charge in [-0.05, 0) is 49.0 Å². The van der Waals surface area contributed by atoms with Crippen LogP contribution in [0.1, 0.15) is 51.2 Å². The first-order chi connectivity index (χ1) is 11.1. The van der Waals surface area contributed by atoms with Crippen LogP contribution in [0.25, 0.3) is 0 Å². The van der Waals surface area contributed by atoms with Crippen LogP contribution in [0.3, 0.4) is 0 Å². The first-order valence-electron chi connectivity index (χ1n) is 8.43. The molecule has 124 valence electrons. The molecule has 0 atom stereocenters. The number of aliphatic hydroxyl groups is 1. The van der Waals surface area contributed by atoms with Gasteiger partial charge >= 0.3 is 0 Å². The van der Waals surface area contributed by atoms with Gasteiger partial charge in [0, 0.05) is 18.5 Å². The molecule has 1 aromatic rings. The van der Waals surface area contributed by atoms with Crippen molar-refractivity contribution in [1.29, 1.82) is 5.26 Å². The molecule has 1 heterocycles. The molecule has 1 N–H and O–H groups in total. The minimum atomic E-state index is -0.100. The zero-order valence-electron chi connectivity index (χ0n) is 14.6. The first kappa shape index (κ1) is 19.2. The molecule has 0 spiro atoms. The van der Waals surface area contributed by atoms with Crippen LogP contribution in [-0.2, 0) is 6.54 Å². The van der Waals surface area contributed by atoms with Crippen LogP contribution in [-0.4, -0.2) is 29.7 Å². The minimum absolute atomic E-state index is 0.100.